The summed E-state index contributed by atoms with van der Waals surface area (Å²) in [4.78, 5) is 23.6. The van der Waals surface area contributed by atoms with Crippen LogP contribution in [0.3, 0.4) is 0 Å². The van der Waals surface area contributed by atoms with Gasteiger partial charge in [0, 0.05) is 19.2 Å². The lowest BCUT2D eigenvalue weighted by Crippen LogP contribution is -2.40. The lowest BCUT2D eigenvalue weighted by atomic mass is 9.96. The summed E-state index contributed by atoms with van der Waals surface area (Å²) in [6.45, 7) is 6.04. The third kappa shape index (κ3) is 4.61. The molecule has 1 fully saturated rings. The van der Waals surface area contributed by atoms with Crippen LogP contribution in [0.1, 0.15) is 34.6 Å². The van der Waals surface area contributed by atoms with Gasteiger partial charge in [-0.3, -0.25) is 4.79 Å². The number of rotatable bonds is 3. The van der Waals surface area contributed by atoms with Crippen molar-refractivity contribution in [3.63, 3.8) is 0 Å². The number of fused-ring (bicyclic) bond motifs is 1. The molecule has 1 aromatic heterocycles. The van der Waals surface area contributed by atoms with E-state index in [-0.39, 0.29) is 30.7 Å². The molecule has 2 heterocycles. The molecule has 5 nitrogen and oxygen atoms in total. The third-order valence-electron chi connectivity index (χ3n) is 4.77. The predicted octanol–water partition coefficient (Wildman–Crippen LogP) is 3.30. The van der Waals surface area contributed by atoms with Gasteiger partial charge in [0.1, 0.15) is 11.3 Å². The fourth-order valence-electron chi connectivity index (χ4n) is 3.26. The van der Waals surface area contributed by atoms with Crippen LogP contribution in [-0.2, 0) is 0 Å². The first-order valence-corrected chi connectivity index (χ1v) is 8.38. The fraction of sp³-hybridized carbons (Fsp3) is 0.500. The maximum absolute atomic E-state index is 14.0. The van der Waals surface area contributed by atoms with Crippen molar-refractivity contribution in [2.45, 2.75) is 26.7 Å². The molecule has 0 atom stereocenters. The van der Waals surface area contributed by atoms with E-state index in [1.165, 1.54) is 12.1 Å². The maximum Gasteiger partial charge on any atom is 0.256 e. The summed E-state index contributed by atoms with van der Waals surface area (Å²) in [5.74, 6) is -0.0126. The minimum absolute atomic E-state index is 0. The lowest BCUT2D eigenvalue weighted by molar-refractivity contribution is 0.0692. The van der Waals surface area contributed by atoms with Crippen LogP contribution in [0.25, 0.3) is 11.0 Å². The monoisotopic (exact) mass is 402 g/mol. The van der Waals surface area contributed by atoms with Crippen LogP contribution < -0.4 is 5.32 Å². The molecule has 26 heavy (non-hydrogen) atoms. The number of piperidine rings is 1. The molecule has 1 saturated heterocycles. The zero-order valence-corrected chi connectivity index (χ0v) is 16.8. The Morgan fingerprint density at radius 2 is 1.81 bits per heavy atom. The van der Waals surface area contributed by atoms with E-state index in [0.29, 0.717) is 35.6 Å². The Kier molecular flexibility index (Phi) is 8.18. The van der Waals surface area contributed by atoms with Crippen LogP contribution in [0.15, 0.2) is 12.1 Å². The van der Waals surface area contributed by atoms with Gasteiger partial charge in [-0.2, -0.15) is 0 Å². The van der Waals surface area contributed by atoms with Gasteiger partial charge in [-0.25, -0.2) is 14.4 Å². The summed E-state index contributed by atoms with van der Waals surface area (Å²) >= 11 is 0. The predicted molar refractivity (Wildman–Crippen MR) is 106 cm³/mol. The Labute approximate surface area is 165 Å². The van der Waals surface area contributed by atoms with Crippen molar-refractivity contribution in [3.8, 4) is 0 Å². The van der Waals surface area contributed by atoms with Gasteiger partial charge in [0.25, 0.3) is 5.91 Å². The van der Waals surface area contributed by atoms with Crippen LogP contribution in [0.2, 0.25) is 0 Å². The van der Waals surface area contributed by atoms with Crippen LogP contribution in [0, 0.1) is 25.6 Å². The van der Waals surface area contributed by atoms with Gasteiger partial charge >= 0.3 is 0 Å². The number of nitrogens with one attached hydrogen (secondary N) is 1. The maximum atomic E-state index is 14.0. The first-order chi connectivity index (χ1) is 11.5. The van der Waals surface area contributed by atoms with Crippen LogP contribution in [-0.4, -0.2) is 47.5 Å². The molecule has 0 spiro atoms. The second kappa shape index (κ2) is 9.44. The number of amides is 1. The van der Waals surface area contributed by atoms with E-state index < -0.39 is 5.82 Å². The molecule has 0 radical (unpaired) electrons. The molecule has 144 valence electrons. The van der Waals surface area contributed by atoms with Gasteiger partial charge in [-0.1, -0.05) is 0 Å². The number of hydrogen-bond acceptors (Lipinski definition) is 4. The number of nitrogens with zero attached hydrogens (tertiary/aromatic N) is 3. The molecule has 3 rings (SSSR count). The van der Waals surface area contributed by atoms with Crippen molar-refractivity contribution in [2.75, 3.05) is 26.7 Å². The highest BCUT2D eigenvalue weighted by Crippen LogP contribution is 2.23. The largest absolute Gasteiger partial charge is 0.339 e. The van der Waals surface area contributed by atoms with Crippen LogP contribution >= 0.6 is 24.8 Å². The molecule has 0 bridgehead atoms. The van der Waals surface area contributed by atoms with Gasteiger partial charge in [0.2, 0.25) is 0 Å². The number of carbonyl (C=O) groups is 1. The van der Waals surface area contributed by atoms with Crippen LogP contribution in [0.5, 0.6) is 0 Å². The molecule has 1 aliphatic heterocycles. The smallest absolute Gasteiger partial charge is 0.256 e. The summed E-state index contributed by atoms with van der Waals surface area (Å²) in [5, 5.41) is 3.19. The van der Waals surface area contributed by atoms with Crippen molar-refractivity contribution in [3.05, 3.63) is 34.9 Å². The molecule has 2 aromatic rings. The molecule has 0 saturated carbocycles. The van der Waals surface area contributed by atoms with E-state index in [2.05, 4.69) is 15.3 Å². The number of hydrogen-bond donors (Lipinski definition) is 1. The highest BCUT2D eigenvalue weighted by molar-refractivity contribution is 6.04. The van der Waals surface area contributed by atoms with E-state index >= 15 is 0 Å². The number of likely N-dealkylation sites (tertiary alicyclic amines) is 1. The average Bonchev–Trinajstić information content (AvgIpc) is 2.56. The van der Waals surface area contributed by atoms with Crippen molar-refractivity contribution >= 4 is 41.8 Å². The normalized spacial score (nSPS) is 14.7. The van der Waals surface area contributed by atoms with E-state index in [4.69, 9.17) is 0 Å². The molecule has 0 unspecified atom stereocenters. The van der Waals surface area contributed by atoms with Gasteiger partial charge < -0.3 is 10.2 Å². The summed E-state index contributed by atoms with van der Waals surface area (Å²) in [7, 11) is 1.94. The molecular formula is C18H25Cl2FN4O. The van der Waals surface area contributed by atoms with Crippen molar-refractivity contribution in [2.24, 2.45) is 5.92 Å². The molecule has 8 heteroatoms. The van der Waals surface area contributed by atoms with E-state index in [1.807, 2.05) is 20.9 Å². The summed E-state index contributed by atoms with van der Waals surface area (Å²) in [5.41, 5.74) is 2.75. The van der Waals surface area contributed by atoms with Gasteiger partial charge in [0.05, 0.1) is 22.5 Å². The highest BCUT2D eigenvalue weighted by Gasteiger charge is 2.25. The molecule has 1 amide bonds. The quantitative estimate of drug-likeness (QED) is 0.855. The van der Waals surface area contributed by atoms with Gasteiger partial charge in [-0.05, 0) is 52.3 Å². The number of aryl methyl sites for hydroxylation is 2. The highest BCUT2D eigenvalue weighted by atomic mass is 35.5. The minimum atomic E-state index is -0.450. The zero-order valence-electron chi connectivity index (χ0n) is 15.2. The van der Waals surface area contributed by atoms with E-state index in [9.17, 15) is 9.18 Å². The second-order valence-electron chi connectivity index (χ2n) is 6.51. The Balaban J connectivity index is 0.00000169. The zero-order chi connectivity index (χ0) is 17.3. The number of benzene rings is 1. The Morgan fingerprint density at radius 1 is 1.19 bits per heavy atom. The molecule has 1 aliphatic rings. The Bertz CT molecular complexity index is 779. The minimum Gasteiger partial charge on any atom is -0.339 e. The number of halogens is 3. The van der Waals surface area contributed by atoms with Crippen molar-refractivity contribution in [1.29, 1.82) is 0 Å². The van der Waals surface area contributed by atoms with Gasteiger partial charge in [-0.15, -0.1) is 24.8 Å². The summed E-state index contributed by atoms with van der Waals surface area (Å²) in [6, 6.07) is 2.62. The molecule has 1 N–H and O–H groups in total. The second-order valence-corrected chi connectivity index (χ2v) is 6.51. The van der Waals surface area contributed by atoms with Gasteiger partial charge in [0.15, 0.2) is 0 Å². The standard InChI is InChI=1S/C18H23FN4O.2ClH/c1-11-12(2)22-17-15(8-14(19)9-16(17)21-11)18(24)23-6-4-13(5-7-23)10-20-3;;/h8-9,13,20H,4-7,10H2,1-3H3;2*1H. The Morgan fingerprint density at radius 3 is 2.42 bits per heavy atom. The molecule has 1 aromatic carbocycles. The molecule has 0 aliphatic carbocycles. The topological polar surface area (TPSA) is 58.1 Å². The third-order valence-corrected chi connectivity index (χ3v) is 4.77. The lowest BCUT2D eigenvalue weighted by Gasteiger charge is -2.32. The first kappa shape index (κ1) is 22.5. The number of aromatic nitrogens is 2. The molecular weight excluding hydrogens is 378 g/mol. The number of carbonyl (C=O) groups excluding carboxylic acids is 1. The average molecular weight is 403 g/mol. The summed E-state index contributed by atoms with van der Waals surface area (Å²) in [6.07, 6.45) is 1.92. The van der Waals surface area contributed by atoms with Crippen molar-refractivity contribution in [1.82, 2.24) is 20.2 Å². The Hall–Kier alpha value is -1.50. The van der Waals surface area contributed by atoms with E-state index in [1.54, 1.807) is 4.90 Å². The van der Waals surface area contributed by atoms with E-state index in [0.717, 1.165) is 30.8 Å². The van der Waals surface area contributed by atoms with Crippen LogP contribution in [0.4, 0.5) is 4.39 Å². The fourth-order valence-corrected chi connectivity index (χ4v) is 3.26. The van der Waals surface area contributed by atoms with Crippen molar-refractivity contribution < 1.29 is 9.18 Å². The SMILES string of the molecule is CNCC1CCN(C(=O)c2cc(F)cc3nc(C)c(C)nc23)CC1.Cl.Cl. The first-order valence-electron chi connectivity index (χ1n) is 8.38. The summed E-state index contributed by atoms with van der Waals surface area (Å²) < 4.78 is 14.0.